The number of amides is 2. The number of carbonyl (C=O) groups excluding carboxylic acids is 2. The summed E-state index contributed by atoms with van der Waals surface area (Å²) >= 11 is 0. The predicted molar refractivity (Wildman–Crippen MR) is 139 cm³/mol. The second-order valence-corrected chi connectivity index (χ2v) is 11.5. The quantitative estimate of drug-likeness (QED) is 0.474. The molecule has 1 aliphatic carbocycles. The van der Waals surface area contributed by atoms with E-state index in [1.165, 1.54) is 23.6 Å². The third-order valence-electron chi connectivity index (χ3n) is 7.73. The fraction of sp³-hybridized carbons (Fsp3) is 0.429. The number of halogens is 1. The normalized spacial score (nSPS) is 25.4. The number of nitrogens with zero attached hydrogens (tertiary/aromatic N) is 7. The van der Waals surface area contributed by atoms with Gasteiger partial charge in [0.15, 0.2) is 0 Å². The van der Waals surface area contributed by atoms with Crippen molar-refractivity contribution in [1.29, 1.82) is 5.26 Å². The van der Waals surface area contributed by atoms with Crippen molar-refractivity contribution in [3.8, 4) is 17.2 Å². The average molecular weight is 546 g/mol. The van der Waals surface area contributed by atoms with E-state index in [0.717, 1.165) is 0 Å². The van der Waals surface area contributed by atoms with Crippen molar-refractivity contribution in [3.05, 3.63) is 60.7 Å². The number of rotatable bonds is 5. The molecule has 2 aliphatic heterocycles. The maximum Gasteiger partial charge on any atom is 0.414 e. The maximum absolute atomic E-state index is 15.2. The van der Waals surface area contributed by atoms with Crippen molar-refractivity contribution >= 4 is 17.9 Å². The van der Waals surface area contributed by atoms with Gasteiger partial charge in [-0.05, 0) is 45.0 Å². The number of pyridine rings is 1. The number of cyclic esters (lactones) is 1. The third-order valence-corrected chi connectivity index (χ3v) is 7.73. The van der Waals surface area contributed by atoms with Gasteiger partial charge in [0.25, 0.3) is 0 Å². The summed E-state index contributed by atoms with van der Waals surface area (Å²) in [4.78, 5) is 32.5. The molecular weight excluding hydrogens is 517 g/mol. The van der Waals surface area contributed by atoms with Crippen LogP contribution in [0.15, 0.2) is 49.2 Å². The molecule has 40 heavy (non-hydrogen) atoms. The molecular formula is C28H28FN7O4. The van der Waals surface area contributed by atoms with Crippen molar-refractivity contribution in [2.24, 2.45) is 11.8 Å². The molecule has 2 aromatic heterocycles. The van der Waals surface area contributed by atoms with E-state index in [1.807, 2.05) is 20.8 Å². The summed E-state index contributed by atoms with van der Waals surface area (Å²) in [6.45, 7) is 7.01. The molecule has 3 fully saturated rings. The van der Waals surface area contributed by atoms with Gasteiger partial charge in [0.2, 0.25) is 0 Å². The predicted octanol–water partition coefficient (Wildman–Crippen LogP) is 3.76. The topological polar surface area (TPSA) is 126 Å². The first-order valence-corrected chi connectivity index (χ1v) is 13.1. The summed E-state index contributed by atoms with van der Waals surface area (Å²) in [6, 6.07) is 10.5. The summed E-state index contributed by atoms with van der Waals surface area (Å²) in [5.41, 5.74) is 0.546. The summed E-state index contributed by atoms with van der Waals surface area (Å²) in [5, 5.41) is 17.6. The van der Waals surface area contributed by atoms with Crippen LogP contribution in [0.5, 0.6) is 0 Å². The van der Waals surface area contributed by atoms with E-state index in [9.17, 15) is 14.9 Å². The van der Waals surface area contributed by atoms with E-state index in [4.69, 9.17) is 9.47 Å². The van der Waals surface area contributed by atoms with Crippen LogP contribution < -0.4 is 4.90 Å². The smallest absolute Gasteiger partial charge is 0.414 e. The van der Waals surface area contributed by atoms with Crippen molar-refractivity contribution < 1.29 is 23.5 Å². The fourth-order valence-electron chi connectivity index (χ4n) is 5.79. The minimum Gasteiger partial charge on any atom is -0.444 e. The molecule has 1 aromatic carbocycles. The van der Waals surface area contributed by atoms with Gasteiger partial charge in [-0.3, -0.25) is 9.88 Å². The zero-order valence-electron chi connectivity index (χ0n) is 22.3. The first-order valence-electron chi connectivity index (χ1n) is 13.1. The lowest BCUT2D eigenvalue weighted by Crippen LogP contribution is -2.39. The Morgan fingerprint density at radius 2 is 1.90 bits per heavy atom. The summed E-state index contributed by atoms with van der Waals surface area (Å²) < 4.78 is 27.8. The van der Waals surface area contributed by atoms with Crippen LogP contribution in [0, 0.1) is 29.0 Å². The third kappa shape index (κ3) is 4.41. The standard InChI is InChI=1S/C28H28FN7O4/c1-27(2,3)40-25(37)35-12-21-22(13-35)28(21,14-30)24-7-4-17(9-31-24)20-6-5-18(8-23(20)29)36-11-19(39-26(36)38)10-34-15-32-33-16-34/h4-9,15-16,19,21-22H,10-13H2,1-3H3/t19-,21-,22+,28+/m0/s1. The Bertz CT molecular complexity index is 1480. The molecule has 4 atom stereocenters. The second kappa shape index (κ2) is 9.29. The largest absolute Gasteiger partial charge is 0.444 e. The SMILES string of the molecule is CC(C)(C)OC(=O)N1C[C@@H]2[C@H](C1)[C@@]2(C#N)c1ccc(-c2ccc(N3C[C@H](Cn4cnnc4)OC3=O)cc2F)cn1. The first kappa shape index (κ1) is 25.7. The van der Waals surface area contributed by atoms with E-state index in [-0.39, 0.29) is 24.5 Å². The lowest BCUT2D eigenvalue weighted by Gasteiger charge is -2.27. The summed E-state index contributed by atoms with van der Waals surface area (Å²) in [5.74, 6) is -0.546. The lowest BCUT2D eigenvalue weighted by atomic mass is 9.95. The number of hydrogen-bond acceptors (Lipinski definition) is 8. The van der Waals surface area contributed by atoms with Crippen LogP contribution in [0.2, 0.25) is 0 Å². The van der Waals surface area contributed by atoms with E-state index >= 15 is 4.39 Å². The van der Waals surface area contributed by atoms with Gasteiger partial charge >= 0.3 is 12.2 Å². The number of ether oxygens (including phenoxy) is 2. The van der Waals surface area contributed by atoms with Gasteiger partial charge in [-0.25, -0.2) is 14.0 Å². The Hall–Kier alpha value is -4.53. The molecule has 2 saturated heterocycles. The summed E-state index contributed by atoms with van der Waals surface area (Å²) in [7, 11) is 0. The van der Waals surface area contributed by atoms with Crippen LogP contribution in [0.4, 0.5) is 19.7 Å². The van der Waals surface area contributed by atoms with Gasteiger partial charge in [-0.1, -0.05) is 6.07 Å². The molecule has 11 nitrogen and oxygen atoms in total. The van der Waals surface area contributed by atoms with Crippen LogP contribution in [0.1, 0.15) is 26.5 Å². The van der Waals surface area contributed by atoms with Gasteiger partial charge in [0, 0.05) is 42.2 Å². The molecule has 3 aromatic rings. The lowest BCUT2D eigenvalue weighted by molar-refractivity contribution is 0.0265. The Kier molecular flexibility index (Phi) is 5.98. The highest BCUT2D eigenvalue weighted by molar-refractivity contribution is 5.90. The van der Waals surface area contributed by atoms with Crippen molar-refractivity contribution in [1.82, 2.24) is 24.6 Å². The number of likely N-dealkylation sites (tertiary alicyclic amines) is 1. The number of anilines is 1. The Labute approximate surface area is 230 Å². The Morgan fingerprint density at radius 3 is 2.50 bits per heavy atom. The van der Waals surface area contributed by atoms with Crippen LogP contribution in [0.25, 0.3) is 11.1 Å². The number of carbonyl (C=O) groups is 2. The first-order chi connectivity index (χ1) is 19.1. The highest BCUT2D eigenvalue weighted by Gasteiger charge is 2.71. The molecule has 6 rings (SSSR count). The summed E-state index contributed by atoms with van der Waals surface area (Å²) in [6.07, 6.45) is 3.31. The molecule has 0 bridgehead atoms. The number of benzene rings is 1. The Balaban J connectivity index is 1.13. The minimum atomic E-state index is -0.765. The molecule has 206 valence electrons. The van der Waals surface area contributed by atoms with E-state index in [1.54, 1.807) is 39.9 Å². The van der Waals surface area contributed by atoms with Crippen LogP contribution >= 0.6 is 0 Å². The van der Waals surface area contributed by atoms with Crippen LogP contribution in [-0.4, -0.2) is 68.2 Å². The fourth-order valence-corrected chi connectivity index (χ4v) is 5.79. The number of hydrogen-bond donors (Lipinski definition) is 0. The van der Waals surface area contributed by atoms with Crippen molar-refractivity contribution in [2.45, 2.75) is 44.4 Å². The van der Waals surface area contributed by atoms with Gasteiger partial charge < -0.3 is 18.9 Å². The molecule has 0 radical (unpaired) electrons. The van der Waals surface area contributed by atoms with Crippen LogP contribution in [0.3, 0.4) is 0 Å². The second-order valence-electron chi connectivity index (χ2n) is 11.5. The average Bonchev–Trinajstić information content (AvgIpc) is 3.41. The molecule has 12 heteroatoms. The van der Waals surface area contributed by atoms with Gasteiger partial charge in [0.1, 0.15) is 35.6 Å². The molecule has 0 N–H and O–H groups in total. The van der Waals surface area contributed by atoms with E-state index in [0.29, 0.717) is 42.1 Å². The Morgan fingerprint density at radius 1 is 1.18 bits per heavy atom. The molecule has 3 aliphatic rings. The number of aromatic nitrogens is 4. The highest BCUT2D eigenvalue weighted by Crippen LogP contribution is 2.62. The highest BCUT2D eigenvalue weighted by atomic mass is 19.1. The van der Waals surface area contributed by atoms with Gasteiger partial charge in [0.05, 0.1) is 30.5 Å². The maximum atomic E-state index is 15.2. The number of fused-ring (bicyclic) bond motifs is 1. The minimum absolute atomic E-state index is 0.0199. The van der Waals surface area contributed by atoms with E-state index in [2.05, 4.69) is 21.3 Å². The molecule has 0 spiro atoms. The van der Waals surface area contributed by atoms with Crippen LogP contribution in [-0.2, 0) is 21.4 Å². The zero-order valence-corrected chi connectivity index (χ0v) is 22.3. The monoisotopic (exact) mass is 545 g/mol. The molecule has 2 amide bonds. The number of piperidine rings is 1. The molecule has 1 saturated carbocycles. The van der Waals surface area contributed by atoms with Crippen molar-refractivity contribution in [2.75, 3.05) is 24.5 Å². The van der Waals surface area contributed by atoms with Gasteiger partial charge in [-0.2, -0.15) is 5.26 Å². The molecule has 4 heterocycles. The van der Waals surface area contributed by atoms with Crippen molar-refractivity contribution in [3.63, 3.8) is 0 Å². The zero-order chi connectivity index (χ0) is 28.2. The van der Waals surface area contributed by atoms with E-state index < -0.39 is 29.0 Å². The molecule has 0 unspecified atom stereocenters. The number of nitriles is 1. The van der Waals surface area contributed by atoms with Gasteiger partial charge in [-0.15, -0.1) is 10.2 Å².